The number of fused-ring (bicyclic) bond motifs is 1. The van der Waals surface area contributed by atoms with Gasteiger partial charge in [-0.05, 0) is 104 Å². The lowest BCUT2D eigenvalue weighted by atomic mass is 9.76. The first kappa shape index (κ1) is 37.9. The molecule has 1 N–H and O–H groups in total. The van der Waals surface area contributed by atoms with E-state index in [1.54, 1.807) is 39.5 Å². The standard InChI is InChI=1S/C42H45Cl2FN4O5/c1-52-36-23-30(24-37(53-2)38(36)54-3)26-48-21-15-41(40(48)50,25-29-10-13-32(43)33(44)22-29)14-18-47-19-16-42(51,17-20-47)39-46-34-6-4-5-7-35(34)49(39)27-28-8-11-31(45)12-9-28/h4-13,22-24,51H,14-21,25-27H2,1-3H3. The highest BCUT2D eigenvalue weighted by atomic mass is 35.5. The molecule has 3 heterocycles. The van der Waals surface area contributed by atoms with Crippen LogP contribution in [0.25, 0.3) is 11.0 Å². The van der Waals surface area contributed by atoms with Gasteiger partial charge in [0.05, 0.1) is 47.8 Å². The Morgan fingerprint density at radius 1 is 0.796 bits per heavy atom. The van der Waals surface area contributed by atoms with Crippen molar-refractivity contribution in [1.82, 2.24) is 19.4 Å². The molecule has 2 aliphatic heterocycles. The Morgan fingerprint density at radius 3 is 2.15 bits per heavy atom. The SMILES string of the molecule is COc1cc(CN2CCC(CCN3CCC(O)(c4nc5ccccc5n4Cc4ccc(F)cc4)CC3)(Cc3ccc(Cl)c(Cl)c3)C2=O)cc(OC)c1OC. The Kier molecular flexibility index (Phi) is 11.1. The third kappa shape index (κ3) is 7.62. The van der Waals surface area contributed by atoms with Crippen molar-refractivity contribution in [2.75, 3.05) is 47.5 Å². The minimum atomic E-state index is -1.15. The number of piperidine rings is 1. The van der Waals surface area contributed by atoms with E-state index in [1.807, 2.05) is 53.4 Å². The highest BCUT2D eigenvalue weighted by molar-refractivity contribution is 6.42. The summed E-state index contributed by atoms with van der Waals surface area (Å²) >= 11 is 12.7. The number of hydrogen-bond acceptors (Lipinski definition) is 7. The Labute approximate surface area is 325 Å². The van der Waals surface area contributed by atoms with E-state index in [1.165, 1.54) is 12.1 Å². The number of ether oxygens (including phenoxy) is 3. The summed E-state index contributed by atoms with van der Waals surface area (Å²) in [6.45, 7) is 3.43. The second kappa shape index (κ2) is 15.8. The molecule has 1 aromatic heterocycles. The molecule has 2 aliphatic rings. The normalized spacial score (nSPS) is 18.7. The number of para-hydroxylation sites is 2. The van der Waals surface area contributed by atoms with E-state index in [-0.39, 0.29) is 11.7 Å². The van der Waals surface area contributed by atoms with Crippen LogP contribution in [0.4, 0.5) is 4.39 Å². The zero-order valence-corrected chi connectivity index (χ0v) is 32.3. The van der Waals surface area contributed by atoms with Crippen molar-refractivity contribution in [3.05, 3.63) is 117 Å². The minimum Gasteiger partial charge on any atom is -0.493 e. The van der Waals surface area contributed by atoms with Gasteiger partial charge in [0.25, 0.3) is 0 Å². The minimum absolute atomic E-state index is 0.0883. The summed E-state index contributed by atoms with van der Waals surface area (Å²) in [5, 5.41) is 13.1. The number of amides is 1. The zero-order chi connectivity index (χ0) is 38.0. The van der Waals surface area contributed by atoms with E-state index in [4.69, 9.17) is 42.4 Å². The monoisotopic (exact) mass is 774 g/mol. The predicted octanol–water partition coefficient (Wildman–Crippen LogP) is 7.89. The number of methoxy groups -OCH3 is 3. The highest BCUT2D eigenvalue weighted by Gasteiger charge is 2.47. The first-order valence-electron chi connectivity index (χ1n) is 18.2. The molecular formula is C42H45Cl2FN4O5. The summed E-state index contributed by atoms with van der Waals surface area (Å²) in [7, 11) is 4.73. The molecular weight excluding hydrogens is 730 g/mol. The molecule has 0 aliphatic carbocycles. The Hall–Kier alpha value is -4.35. The van der Waals surface area contributed by atoms with E-state index in [9.17, 15) is 14.3 Å². The third-order valence-corrected chi connectivity index (χ3v) is 11.9. The topological polar surface area (TPSA) is 89.3 Å². The fourth-order valence-electron chi connectivity index (χ4n) is 8.12. The summed E-state index contributed by atoms with van der Waals surface area (Å²) < 4.78 is 32.4. The lowest BCUT2D eigenvalue weighted by molar-refractivity contribution is -0.137. The van der Waals surface area contributed by atoms with Gasteiger partial charge in [-0.2, -0.15) is 0 Å². The Bertz CT molecular complexity index is 2110. The maximum absolute atomic E-state index is 14.6. The number of benzene rings is 4. The van der Waals surface area contributed by atoms with Gasteiger partial charge in [0.1, 0.15) is 17.2 Å². The van der Waals surface area contributed by atoms with Crippen LogP contribution in [0.5, 0.6) is 17.2 Å². The van der Waals surface area contributed by atoms with Crippen LogP contribution in [0.3, 0.4) is 0 Å². The van der Waals surface area contributed by atoms with Crippen LogP contribution in [-0.2, 0) is 29.9 Å². The molecule has 7 rings (SSSR count). The zero-order valence-electron chi connectivity index (χ0n) is 30.8. The van der Waals surface area contributed by atoms with Crippen molar-refractivity contribution in [2.45, 2.75) is 50.8 Å². The van der Waals surface area contributed by atoms with Gasteiger partial charge in [-0.15, -0.1) is 0 Å². The second-order valence-corrected chi connectivity index (χ2v) is 15.3. The largest absolute Gasteiger partial charge is 0.493 e. The van der Waals surface area contributed by atoms with Crippen molar-refractivity contribution >= 4 is 40.1 Å². The van der Waals surface area contributed by atoms with Crippen molar-refractivity contribution < 1.29 is 28.5 Å². The molecule has 2 saturated heterocycles. The number of rotatable bonds is 13. The average molecular weight is 776 g/mol. The molecule has 1 atom stereocenters. The van der Waals surface area contributed by atoms with Crippen LogP contribution in [0, 0.1) is 11.2 Å². The fourth-order valence-corrected chi connectivity index (χ4v) is 8.44. The second-order valence-electron chi connectivity index (χ2n) is 14.5. The fraction of sp³-hybridized carbons (Fsp3) is 0.381. The Morgan fingerprint density at radius 2 is 1.48 bits per heavy atom. The Balaban J connectivity index is 1.09. The molecule has 284 valence electrons. The summed E-state index contributed by atoms with van der Waals surface area (Å²) in [5.74, 6) is 2.00. The molecule has 12 heteroatoms. The number of likely N-dealkylation sites (tertiary alicyclic amines) is 2. The van der Waals surface area contributed by atoms with E-state index in [2.05, 4.69) is 9.47 Å². The van der Waals surface area contributed by atoms with Crippen molar-refractivity contribution in [2.24, 2.45) is 5.41 Å². The number of halogens is 3. The van der Waals surface area contributed by atoms with Crippen LogP contribution in [0.1, 0.15) is 48.2 Å². The van der Waals surface area contributed by atoms with Gasteiger partial charge in [0.15, 0.2) is 11.5 Å². The van der Waals surface area contributed by atoms with Crippen LogP contribution < -0.4 is 14.2 Å². The quantitative estimate of drug-likeness (QED) is 0.130. The van der Waals surface area contributed by atoms with E-state index in [0.29, 0.717) is 104 Å². The van der Waals surface area contributed by atoms with Gasteiger partial charge in [0.2, 0.25) is 11.7 Å². The van der Waals surface area contributed by atoms with Gasteiger partial charge in [-0.3, -0.25) is 4.79 Å². The van der Waals surface area contributed by atoms with Crippen LogP contribution >= 0.6 is 23.2 Å². The number of hydrogen-bond donors (Lipinski definition) is 1. The lowest BCUT2D eigenvalue weighted by Crippen LogP contribution is -2.46. The number of carbonyl (C=O) groups is 1. The van der Waals surface area contributed by atoms with E-state index in [0.717, 1.165) is 27.7 Å². The summed E-state index contributed by atoms with van der Waals surface area (Å²) in [4.78, 5) is 23.8. The number of imidazole rings is 1. The highest BCUT2D eigenvalue weighted by Crippen LogP contribution is 2.43. The molecule has 1 unspecified atom stereocenters. The molecule has 0 spiro atoms. The maximum atomic E-state index is 14.6. The van der Waals surface area contributed by atoms with Crippen molar-refractivity contribution in [3.63, 3.8) is 0 Å². The number of carbonyl (C=O) groups excluding carboxylic acids is 1. The summed E-state index contributed by atoms with van der Waals surface area (Å²) in [5.41, 5.74) is 2.69. The molecule has 0 saturated carbocycles. The van der Waals surface area contributed by atoms with Gasteiger partial charge in [-0.25, -0.2) is 9.37 Å². The first-order chi connectivity index (χ1) is 26.0. The molecule has 5 aromatic rings. The number of aliphatic hydroxyl groups is 1. The lowest BCUT2D eigenvalue weighted by Gasteiger charge is -2.39. The van der Waals surface area contributed by atoms with Gasteiger partial charge in [-0.1, -0.05) is 53.5 Å². The van der Waals surface area contributed by atoms with Crippen LogP contribution in [0.15, 0.2) is 78.9 Å². The van der Waals surface area contributed by atoms with Crippen LogP contribution in [-0.4, -0.2) is 77.9 Å². The molecule has 9 nitrogen and oxygen atoms in total. The van der Waals surface area contributed by atoms with Gasteiger partial charge < -0.3 is 33.7 Å². The predicted molar refractivity (Wildman–Crippen MR) is 208 cm³/mol. The molecule has 54 heavy (non-hydrogen) atoms. The molecule has 4 aromatic carbocycles. The number of aromatic nitrogens is 2. The third-order valence-electron chi connectivity index (χ3n) is 11.1. The number of nitrogens with zero attached hydrogens (tertiary/aromatic N) is 4. The average Bonchev–Trinajstić information content (AvgIpc) is 3.70. The molecule has 0 bridgehead atoms. The van der Waals surface area contributed by atoms with Gasteiger partial charge >= 0.3 is 0 Å². The molecule has 1 amide bonds. The first-order valence-corrected chi connectivity index (χ1v) is 19.0. The van der Waals surface area contributed by atoms with E-state index < -0.39 is 11.0 Å². The van der Waals surface area contributed by atoms with E-state index >= 15 is 0 Å². The summed E-state index contributed by atoms with van der Waals surface area (Å²) in [6.07, 6.45) is 2.82. The molecule has 0 radical (unpaired) electrons. The summed E-state index contributed by atoms with van der Waals surface area (Å²) in [6, 6.07) is 23.7. The van der Waals surface area contributed by atoms with Crippen molar-refractivity contribution in [1.29, 1.82) is 0 Å². The molecule has 2 fully saturated rings. The maximum Gasteiger partial charge on any atom is 0.229 e. The van der Waals surface area contributed by atoms with Crippen LogP contribution in [0.2, 0.25) is 10.0 Å². The van der Waals surface area contributed by atoms with Crippen molar-refractivity contribution in [3.8, 4) is 17.2 Å². The smallest absolute Gasteiger partial charge is 0.229 e. The van der Waals surface area contributed by atoms with Gasteiger partial charge in [0, 0.05) is 32.7 Å².